The molecule has 0 aromatic carbocycles. The van der Waals surface area contributed by atoms with E-state index < -0.39 is 0 Å². The van der Waals surface area contributed by atoms with Crippen molar-refractivity contribution < 1.29 is 0 Å². The molecular formula is C13H15. The minimum absolute atomic E-state index is 1.02. The van der Waals surface area contributed by atoms with Crippen LogP contribution in [0.4, 0.5) is 0 Å². The summed E-state index contributed by atoms with van der Waals surface area (Å²) >= 11 is 0. The van der Waals surface area contributed by atoms with Gasteiger partial charge in [-0.3, -0.25) is 0 Å². The predicted octanol–water partition coefficient (Wildman–Crippen LogP) is 3.73. The molecule has 13 heavy (non-hydrogen) atoms. The van der Waals surface area contributed by atoms with Gasteiger partial charge in [-0.2, -0.15) is 0 Å². The molecule has 1 radical (unpaired) electrons. The van der Waals surface area contributed by atoms with E-state index in [0.29, 0.717) is 0 Å². The van der Waals surface area contributed by atoms with Gasteiger partial charge in [0.25, 0.3) is 0 Å². The molecule has 2 rings (SSSR count). The molecule has 0 aromatic heterocycles. The van der Waals surface area contributed by atoms with E-state index in [2.05, 4.69) is 37.3 Å². The summed E-state index contributed by atoms with van der Waals surface area (Å²) in [5.74, 6) is 0. The lowest BCUT2D eigenvalue weighted by atomic mass is 9.97. The molecule has 0 nitrogen and oxygen atoms in total. The molecule has 0 aromatic rings. The van der Waals surface area contributed by atoms with E-state index in [1.807, 2.05) is 0 Å². The van der Waals surface area contributed by atoms with Crippen LogP contribution in [0.3, 0.4) is 0 Å². The van der Waals surface area contributed by atoms with Crippen LogP contribution in [0.25, 0.3) is 0 Å². The Morgan fingerprint density at radius 2 is 2.38 bits per heavy atom. The van der Waals surface area contributed by atoms with E-state index in [1.54, 1.807) is 0 Å². The number of allylic oxidation sites excluding steroid dienone is 8. The minimum atomic E-state index is 1.02. The molecule has 67 valence electrons. The Balaban J connectivity index is 2.12. The van der Waals surface area contributed by atoms with Crippen molar-refractivity contribution in [3.63, 3.8) is 0 Å². The van der Waals surface area contributed by atoms with E-state index in [4.69, 9.17) is 0 Å². The highest BCUT2D eigenvalue weighted by molar-refractivity contribution is 5.52. The molecule has 0 N–H and O–H groups in total. The Bertz CT molecular complexity index is 311. The summed E-state index contributed by atoms with van der Waals surface area (Å²) < 4.78 is 0. The van der Waals surface area contributed by atoms with E-state index in [1.165, 1.54) is 29.6 Å². The van der Waals surface area contributed by atoms with Crippen LogP contribution in [0.15, 0.2) is 41.0 Å². The second-order valence-corrected chi connectivity index (χ2v) is 3.56. The van der Waals surface area contributed by atoms with Crippen LogP contribution >= 0.6 is 0 Å². The standard InChI is InChI=1S/C13H15/c1-2-6-11-9-5-10-13(11)12-7-3-4-8-12/h3-4,7,9H,2,5-6,8H2,1H3. The smallest absolute Gasteiger partial charge is 0.00822 e. The summed E-state index contributed by atoms with van der Waals surface area (Å²) in [7, 11) is 0. The van der Waals surface area contributed by atoms with Gasteiger partial charge in [-0.25, -0.2) is 0 Å². The van der Waals surface area contributed by atoms with Crippen molar-refractivity contribution in [2.24, 2.45) is 0 Å². The lowest BCUT2D eigenvalue weighted by Crippen LogP contribution is -1.89. The van der Waals surface area contributed by atoms with Crippen molar-refractivity contribution in [3.8, 4) is 0 Å². The Hall–Kier alpha value is -1.04. The predicted molar refractivity (Wildman–Crippen MR) is 56.2 cm³/mol. The highest BCUT2D eigenvalue weighted by Crippen LogP contribution is 2.32. The highest BCUT2D eigenvalue weighted by Gasteiger charge is 2.14. The van der Waals surface area contributed by atoms with Gasteiger partial charge < -0.3 is 0 Å². The third-order valence-corrected chi connectivity index (χ3v) is 2.56. The van der Waals surface area contributed by atoms with Crippen molar-refractivity contribution >= 4 is 0 Å². The normalized spacial score (nSPS) is 20.2. The van der Waals surface area contributed by atoms with E-state index in [-0.39, 0.29) is 0 Å². The second kappa shape index (κ2) is 3.78. The quantitative estimate of drug-likeness (QED) is 0.607. The molecule has 0 heterocycles. The van der Waals surface area contributed by atoms with Gasteiger partial charge in [-0.1, -0.05) is 37.6 Å². The zero-order chi connectivity index (χ0) is 9.10. The second-order valence-electron chi connectivity index (χ2n) is 3.56. The maximum absolute atomic E-state index is 3.45. The zero-order valence-corrected chi connectivity index (χ0v) is 8.14. The van der Waals surface area contributed by atoms with Crippen molar-refractivity contribution in [2.45, 2.75) is 32.6 Å². The number of hydrogen-bond acceptors (Lipinski definition) is 0. The fourth-order valence-electron chi connectivity index (χ4n) is 1.94. The van der Waals surface area contributed by atoms with Crippen LogP contribution in [0.5, 0.6) is 0 Å². The van der Waals surface area contributed by atoms with Crippen molar-refractivity contribution in [1.82, 2.24) is 0 Å². The van der Waals surface area contributed by atoms with Crippen LogP contribution in [0.1, 0.15) is 32.6 Å². The highest BCUT2D eigenvalue weighted by atomic mass is 14.2. The molecule has 0 unspecified atom stereocenters. The van der Waals surface area contributed by atoms with Crippen LogP contribution in [-0.2, 0) is 0 Å². The van der Waals surface area contributed by atoms with Gasteiger partial charge in [0.05, 0.1) is 0 Å². The lowest BCUT2D eigenvalue weighted by molar-refractivity contribution is 0.914. The third-order valence-electron chi connectivity index (χ3n) is 2.56. The van der Waals surface area contributed by atoms with Crippen LogP contribution < -0.4 is 0 Å². The first-order valence-corrected chi connectivity index (χ1v) is 5.08. The van der Waals surface area contributed by atoms with Crippen LogP contribution in [-0.4, -0.2) is 0 Å². The summed E-state index contributed by atoms with van der Waals surface area (Å²) in [6.45, 7) is 2.23. The third kappa shape index (κ3) is 1.67. The average Bonchev–Trinajstić information content (AvgIpc) is 2.71. The van der Waals surface area contributed by atoms with Gasteiger partial charge in [-0.05, 0) is 42.1 Å². The van der Waals surface area contributed by atoms with Crippen LogP contribution in [0.2, 0.25) is 0 Å². The molecule has 0 fully saturated rings. The Kier molecular flexibility index (Phi) is 2.49. The van der Waals surface area contributed by atoms with Gasteiger partial charge in [0.2, 0.25) is 0 Å². The van der Waals surface area contributed by atoms with Crippen molar-refractivity contribution in [1.29, 1.82) is 0 Å². The molecule has 0 saturated heterocycles. The Morgan fingerprint density at radius 3 is 3.08 bits per heavy atom. The summed E-state index contributed by atoms with van der Waals surface area (Å²) in [6, 6.07) is 0. The van der Waals surface area contributed by atoms with E-state index in [0.717, 1.165) is 12.8 Å². The summed E-state index contributed by atoms with van der Waals surface area (Å²) in [5, 5.41) is 0. The van der Waals surface area contributed by atoms with Crippen molar-refractivity contribution in [2.75, 3.05) is 0 Å². The largest absolute Gasteiger partial charge is 0.0801 e. The van der Waals surface area contributed by atoms with Gasteiger partial charge in [0.1, 0.15) is 0 Å². The SMILES string of the molecule is CCCC1=CC[C]=C1C1=CC=CC1. The first-order chi connectivity index (χ1) is 6.42. The topological polar surface area (TPSA) is 0 Å². The molecular weight excluding hydrogens is 156 g/mol. The Morgan fingerprint density at radius 1 is 1.46 bits per heavy atom. The Labute approximate surface area is 80.3 Å². The molecule has 0 saturated carbocycles. The first kappa shape index (κ1) is 8.55. The zero-order valence-electron chi connectivity index (χ0n) is 8.14. The fourth-order valence-corrected chi connectivity index (χ4v) is 1.94. The van der Waals surface area contributed by atoms with Crippen molar-refractivity contribution in [3.05, 3.63) is 47.1 Å². The molecule has 0 heteroatoms. The maximum atomic E-state index is 3.45. The van der Waals surface area contributed by atoms with Gasteiger partial charge in [-0.15, -0.1) is 0 Å². The van der Waals surface area contributed by atoms with E-state index >= 15 is 0 Å². The molecule has 0 aliphatic heterocycles. The fraction of sp³-hybridized carbons (Fsp3) is 0.385. The summed E-state index contributed by atoms with van der Waals surface area (Å²) in [6.07, 6.45) is 16.9. The van der Waals surface area contributed by atoms with Gasteiger partial charge in [0, 0.05) is 0 Å². The van der Waals surface area contributed by atoms with E-state index in [9.17, 15) is 0 Å². The lowest BCUT2D eigenvalue weighted by Gasteiger charge is -2.08. The van der Waals surface area contributed by atoms with Gasteiger partial charge in [0.15, 0.2) is 0 Å². The molecule has 0 bridgehead atoms. The number of rotatable bonds is 3. The molecule has 2 aliphatic carbocycles. The minimum Gasteiger partial charge on any atom is -0.0801 e. The molecule has 0 amide bonds. The number of hydrogen-bond donors (Lipinski definition) is 0. The first-order valence-electron chi connectivity index (χ1n) is 5.08. The molecule has 2 aliphatic rings. The summed E-state index contributed by atoms with van der Waals surface area (Å²) in [5.41, 5.74) is 4.36. The monoisotopic (exact) mass is 171 g/mol. The van der Waals surface area contributed by atoms with Crippen LogP contribution in [0, 0.1) is 6.08 Å². The summed E-state index contributed by atoms with van der Waals surface area (Å²) in [4.78, 5) is 0. The van der Waals surface area contributed by atoms with Gasteiger partial charge >= 0.3 is 0 Å². The maximum Gasteiger partial charge on any atom is -0.00822 e. The molecule has 0 atom stereocenters. The molecule has 0 spiro atoms. The average molecular weight is 171 g/mol.